The molecule has 2 aliphatic rings. The highest BCUT2D eigenvalue weighted by molar-refractivity contribution is 5.87. The summed E-state index contributed by atoms with van der Waals surface area (Å²) in [4.78, 5) is 24.0. The molecule has 39 heavy (non-hydrogen) atoms. The second kappa shape index (κ2) is 11.2. The second-order valence-corrected chi connectivity index (χ2v) is 10.7. The van der Waals surface area contributed by atoms with Crippen LogP contribution in [-0.2, 0) is 17.8 Å². The first-order valence-electron chi connectivity index (χ1n) is 13.7. The molecule has 3 N–H and O–H groups in total. The molecule has 1 amide bonds. The summed E-state index contributed by atoms with van der Waals surface area (Å²) in [5.74, 6) is 0.469. The first-order valence-corrected chi connectivity index (χ1v) is 13.7. The van der Waals surface area contributed by atoms with E-state index in [1.807, 2.05) is 17.0 Å². The summed E-state index contributed by atoms with van der Waals surface area (Å²) in [5, 5.41) is 22.3. The molecule has 0 saturated carbocycles. The van der Waals surface area contributed by atoms with Crippen LogP contribution in [0.3, 0.4) is 0 Å². The summed E-state index contributed by atoms with van der Waals surface area (Å²) in [5.41, 5.74) is 7.02. The minimum absolute atomic E-state index is 0.186. The molecule has 0 aliphatic carbocycles. The molecule has 9 nitrogen and oxygen atoms in total. The van der Waals surface area contributed by atoms with Gasteiger partial charge in [-0.2, -0.15) is 5.10 Å². The van der Waals surface area contributed by atoms with Gasteiger partial charge in [-0.1, -0.05) is 32.0 Å². The number of nitrogens with zero attached hydrogens (tertiary/aromatic N) is 5. The molecule has 0 spiro atoms. The van der Waals surface area contributed by atoms with Gasteiger partial charge in [0.1, 0.15) is 5.75 Å². The molecule has 3 aromatic rings. The van der Waals surface area contributed by atoms with Crippen molar-refractivity contribution >= 4 is 23.5 Å². The molecule has 2 aromatic carbocycles. The van der Waals surface area contributed by atoms with E-state index in [4.69, 9.17) is 0 Å². The Morgan fingerprint density at radius 3 is 2.72 bits per heavy atom. The van der Waals surface area contributed by atoms with Gasteiger partial charge in [-0.25, -0.2) is 0 Å². The summed E-state index contributed by atoms with van der Waals surface area (Å²) >= 11 is 0. The second-order valence-electron chi connectivity index (χ2n) is 10.7. The monoisotopic (exact) mass is 529 g/mol. The molecule has 1 aromatic heterocycles. The van der Waals surface area contributed by atoms with Crippen molar-refractivity contribution in [3.05, 3.63) is 59.0 Å². The van der Waals surface area contributed by atoms with Crippen molar-refractivity contribution in [2.75, 3.05) is 40.3 Å². The molecule has 2 aliphatic heterocycles. The Kier molecular flexibility index (Phi) is 7.72. The van der Waals surface area contributed by atoms with Crippen LogP contribution in [0.5, 0.6) is 5.75 Å². The average molecular weight is 530 g/mol. The predicted octanol–water partition coefficient (Wildman–Crippen LogP) is 3.37. The number of hydrogen-bond donors (Lipinski definition) is 3. The van der Waals surface area contributed by atoms with Crippen molar-refractivity contribution in [3.8, 4) is 16.9 Å². The van der Waals surface area contributed by atoms with Crippen molar-refractivity contribution in [2.45, 2.75) is 45.3 Å². The van der Waals surface area contributed by atoms with Crippen molar-refractivity contribution in [1.82, 2.24) is 30.2 Å². The summed E-state index contributed by atoms with van der Waals surface area (Å²) < 4.78 is 0. The maximum Gasteiger partial charge on any atom is 0.240 e. The standard InChI is InChI=1S/C30H39N7O2/c1-6-19-12-22(38)9-11-23(19)20-8-10-24-25(13-20)33-34-27(24)15-32-28-18-36(7-2)29(14-26(28)31-3)30(39)37-16-21(17-37)35(4)5/h8-13,21,29,32,38H,3,6-7,14-18H2,1-2,4-5H3,(H,33,34)/t29-/m0/s1. The highest BCUT2D eigenvalue weighted by atomic mass is 16.3. The molecule has 1 fully saturated rings. The number of fused-ring (bicyclic) bond motifs is 1. The Morgan fingerprint density at radius 1 is 1.23 bits per heavy atom. The highest BCUT2D eigenvalue weighted by Gasteiger charge is 2.39. The number of aromatic hydroxyl groups is 1. The normalized spacial score (nSPS) is 18.6. The molecular formula is C30H39N7O2. The Labute approximate surface area is 230 Å². The molecule has 1 saturated heterocycles. The summed E-state index contributed by atoms with van der Waals surface area (Å²) in [6.45, 7) is 11.5. The van der Waals surface area contributed by atoms with E-state index in [2.05, 4.69) is 83.2 Å². The largest absolute Gasteiger partial charge is 0.508 e. The van der Waals surface area contributed by atoms with Gasteiger partial charge in [0.15, 0.2) is 0 Å². The first-order chi connectivity index (χ1) is 18.8. The van der Waals surface area contributed by atoms with E-state index in [-0.39, 0.29) is 17.7 Å². The lowest BCUT2D eigenvalue weighted by atomic mass is 9.97. The average Bonchev–Trinajstić information content (AvgIpc) is 3.32. The van der Waals surface area contributed by atoms with Crippen molar-refractivity contribution in [3.63, 3.8) is 0 Å². The Bertz CT molecular complexity index is 1400. The van der Waals surface area contributed by atoms with Gasteiger partial charge in [0, 0.05) is 43.2 Å². The summed E-state index contributed by atoms with van der Waals surface area (Å²) in [6, 6.07) is 12.0. The smallest absolute Gasteiger partial charge is 0.240 e. The lowest BCUT2D eigenvalue weighted by Crippen LogP contribution is -2.63. The number of rotatable bonds is 9. The number of likely N-dealkylation sites (N-methyl/N-ethyl adjacent to an activating group) is 2. The molecule has 5 rings (SSSR count). The van der Waals surface area contributed by atoms with Crippen molar-refractivity contribution < 1.29 is 9.90 Å². The van der Waals surface area contributed by atoms with E-state index in [0.717, 1.165) is 70.7 Å². The molecule has 206 valence electrons. The maximum atomic E-state index is 13.3. The van der Waals surface area contributed by atoms with Gasteiger partial charge in [0.2, 0.25) is 5.91 Å². The van der Waals surface area contributed by atoms with Crippen molar-refractivity contribution in [1.29, 1.82) is 0 Å². The number of benzene rings is 2. The van der Waals surface area contributed by atoms with Gasteiger partial charge in [-0.05, 0) is 68.7 Å². The third kappa shape index (κ3) is 5.29. The number of hydrogen-bond acceptors (Lipinski definition) is 7. The maximum absolute atomic E-state index is 13.3. The molecule has 0 unspecified atom stereocenters. The Hall–Kier alpha value is -3.69. The number of carbonyl (C=O) groups excluding carboxylic acids is 1. The predicted molar refractivity (Wildman–Crippen MR) is 156 cm³/mol. The fourth-order valence-corrected chi connectivity index (χ4v) is 5.63. The molecule has 9 heteroatoms. The van der Waals surface area contributed by atoms with Crippen LogP contribution in [0.1, 0.15) is 31.5 Å². The fourth-order valence-electron chi connectivity index (χ4n) is 5.63. The quantitative estimate of drug-likeness (QED) is 0.368. The van der Waals surface area contributed by atoms with Gasteiger partial charge < -0.3 is 20.2 Å². The number of carbonyl (C=O) groups is 1. The van der Waals surface area contributed by atoms with E-state index in [1.54, 1.807) is 6.07 Å². The summed E-state index contributed by atoms with van der Waals surface area (Å²) in [7, 11) is 4.12. The lowest BCUT2D eigenvalue weighted by molar-refractivity contribution is -0.144. The fraction of sp³-hybridized carbons (Fsp3) is 0.433. The van der Waals surface area contributed by atoms with E-state index < -0.39 is 0 Å². The zero-order chi connectivity index (χ0) is 27.7. The summed E-state index contributed by atoms with van der Waals surface area (Å²) in [6.07, 6.45) is 1.39. The highest BCUT2D eigenvalue weighted by Crippen LogP contribution is 2.31. The number of likely N-dealkylation sites (tertiary alicyclic amines) is 1. The number of aromatic amines is 1. The van der Waals surface area contributed by atoms with Crippen LogP contribution < -0.4 is 5.32 Å². The molecule has 0 bridgehead atoms. The van der Waals surface area contributed by atoms with Crippen LogP contribution in [0.25, 0.3) is 22.0 Å². The molecule has 1 atom stereocenters. The van der Waals surface area contributed by atoms with E-state index in [9.17, 15) is 9.90 Å². The zero-order valence-corrected chi connectivity index (χ0v) is 23.4. The van der Waals surface area contributed by atoms with Crippen LogP contribution >= 0.6 is 0 Å². The Morgan fingerprint density at radius 2 is 2.03 bits per heavy atom. The van der Waals surface area contributed by atoms with Gasteiger partial charge in [0.05, 0.1) is 29.5 Å². The van der Waals surface area contributed by atoms with E-state index in [0.29, 0.717) is 25.6 Å². The van der Waals surface area contributed by atoms with E-state index in [1.165, 1.54) is 0 Å². The number of phenols is 1. The topological polar surface area (TPSA) is 100 Å². The number of phenolic OH excluding ortho intramolecular Hbond substituents is 1. The minimum atomic E-state index is -0.205. The van der Waals surface area contributed by atoms with Crippen molar-refractivity contribution in [2.24, 2.45) is 4.99 Å². The van der Waals surface area contributed by atoms with Crippen LogP contribution in [0.15, 0.2) is 52.8 Å². The van der Waals surface area contributed by atoms with Crippen LogP contribution in [-0.4, -0.2) is 95.0 Å². The molecule has 3 heterocycles. The molecule has 0 radical (unpaired) electrons. The number of aromatic nitrogens is 2. The van der Waals surface area contributed by atoms with Gasteiger partial charge in [0.25, 0.3) is 0 Å². The van der Waals surface area contributed by atoms with Crippen LogP contribution in [0, 0.1) is 0 Å². The van der Waals surface area contributed by atoms with Crippen LogP contribution in [0.4, 0.5) is 0 Å². The SMILES string of the molecule is C=NC1=C(NCc2[nH]nc3cc(-c4ccc(O)cc4CC)ccc23)CN(CC)[C@H](C(=O)N2CC(N(C)C)C2)C1. The third-order valence-corrected chi connectivity index (χ3v) is 8.22. The number of aryl methyl sites for hydroxylation is 1. The number of aliphatic imine (C=N–C) groups is 1. The van der Waals surface area contributed by atoms with E-state index >= 15 is 0 Å². The number of amides is 1. The Balaban J connectivity index is 1.30. The van der Waals surface area contributed by atoms with Gasteiger partial charge >= 0.3 is 0 Å². The minimum Gasteiger partial charge on any atom is -0.508 e. The number of nitrogens with one attached hydrogen (secondary N) is 2. The third-order valence-electron chi connectivity index (χ3n) is 8.22. The zero-order valence-electron chi connectivity index (χ0n) is 23.4. The lowest BCUT2D eigenvalue weighted by Gasteiger charge is -2.46. The number of H-pyrrole nitrogens is 1. The first kappa shape index (κ1) is 26.9. The van der Waals surface area contributed by atoms with Crippen LogP contribution in [0.2, 0.25) is 0 Å². The van der Waals surface area contributed by atoms with Gasteiger partial charge in [-0.3, -0.25) is 19.8 Å². The van der Waals surface area contributed by atoms with Gasteiger partial charge in [-0.15, -0.1) is 0 Å². The molecular weight excluding hydrogens is 490 g/mol.